The molecule has 6 nitrogen and oxygen atoms in total. The number of amides is 1. The van der Waals surface area contributed by atoms with Gasteiger partial charge in [0.25, 0.3) is 5.91 Å². The Morgan fingerprint density at radius 2 is 1.82 bits per heavy atom. The first-order chi connectivity index (χ1) is 13.5. The summed E-state index contributed by atoms with van der Waals surface area (Å²) >= 11 is 0. The lowest BCUT2D eigenvalue weighted by atomic mass is 10.2. The fourth-order valence-electron chi connectivity index (χ4n) is 2.72. The zero-order valence-corrected chi connectivity index (χ0v) is 16.6. The van der Waals surface area contributed by atoms with Gasteiger partial charge in [-0.05, 0) is 39.3 Å². The molecular formula is C22H26N4O2. The summed E-state index contributed by atoms with van der Waals surface area (Å²) in [6.07, 6.45) is 0.935. The smallest absolute Gasteiger partial charge is 0.290 e. The normalized spacial score (nSPS) is 11.0. The van der Waals surface area contributed by atoms with Gasteiger partial charge < -0.3 is 10.1 Å². The molecule has 3 aromatic rings. The van der Waals surface area contributed by atoms with Crippen molar-refractivity contribution in [3.63, 3.8) is 0 Å². The summed E-state index contributed by atoms with van der Waals surface area (Å²) in [6, 6.07) is 17.7. The van der Waals surface area contributed by atoms with Crippen molar-refractivity contribution in [1.29, 1.82) is 0 Å². The molecule has 2 aromatic carbocycles. The third-order valence-electron chi connectivity index (χ3n) is 4.18. The average molecular weight is 378 g/mol. The lowest BCUT2D eigenvalue weighted by molar-refractivity contribution is 0.0756. The van der Waals surface area contributed by atoms with E-state index in [0.29, 0.717) is 19.0 Å². The Labute approximate surface area is 165 Å². The van der Waals surface area contributed by atoms with Gasteiger partial charge in [0.05, 0.1) is 11.8 Å². The first-order valence-corrected chi connectivity index (χ1v) is 9.54. The molecular weight excluding hydrogens is 352 g/mol. The highest BCUT2D eigenvalue weighted by atomic mass is 16.5. The monoisotopic (exact) mass is 378 g/mol. The van der Waals surface area contributed by atoms with Crippen LogP contribution in [0, 0.1) is 6.92 Å². The molecule has 0 spiro atoms. The fourth-order valence-corrected chi connectivity index (χ4v) is 2.72. The summed E-state index contributed by atoms with van der Waals surface area (Å²) in [7, 11) is 0. The first-order valence-electron chi connectivity index (χ1n) is 9.54. The van der Waals surface area contributed by atoms with Gasteiger partial charge in [-0.2, -0.15) is 0 Å². The number of hydrogen-bond donors (Lipinski definition) is 1. The summed E-state index contributed by atoms with van der Waals surface area (Å²) in [5, 5.41) is 7.34. The van der Waals surface area contributed by atoms with Crippen LogP contribution in [0.15, 0.2) is 54.6 Å². The quantitative estimate of drug-likeness (QED) is 0.606. The highest BCUT2D eigenvalue weighted by molar-refractivity contribution is 5.91. The number of hydrogen-bond acceptors (Lipinski definition) is 4. The van der Waals surface area contributed by atoms with Crippen molar-refractivity contribution < 1.29 is 9.53 Å². The second-order valence-corrected chi connectivity index (χ2v) is 6.90. The zero-order chi connectivity index (χ0) is 19.9. The number of nitrogens with zero attached hydrogens (tertiary/aromatic N) is 3. The minimum Gasteiger partial charge on any atom is -0.379 e. The molecule has 28 heavy (non-hydrogen) atoms. The number of nitrogens with one attached hydrogen (secondary N) is 1. The first kappa shape index (κ1) is 19.8. The van der Waals surface area contributed by atoms with Gasteiger partial charge in [0, 0.05) is 18.7 Å². The van der Waals surface area contributed by atoms with Crippen molar-refractivity contribution in [3.8, 4) is 17.1 Å². The zero-order valence-electron chi connectivity index (χ0n) is 16.6. The van der Waals surface area contributed by atoms with E-state index in [2.05, 4.69) is 15.4 Å². The molecule has 6 heteroatoms. The minimum atomic E-state index is -0.285. The third-order valence-corrected chi connectivity index (χ3v) is 4.18. The summed E-state index contributed by atoms with van der Waals surface area (Å²) in [6.45, 7) is 7.14. The molecule has 0 saturated heterocycles. The van der Waals surface area contributed by atoms with Gasteiger partial charge >= 0.3 is 0 Å². The van der Waals surface area contributed by atoms with Gasteiger partial charge in [-0.1, -0.05) is 48.0 Å². The van der Waals surface area contributed by atoms with Gasteiger partial charge in [0.15, 0.2) is 5.82 Å². The van der Waals surface area contributed by atoms with E-state index in [1.165, 1.54) is 0 Å². The summed E-state index contributed by atoms with van der Waals surface area (Å²) in [5.41, 5.74) is 2.92. The van der Waals surface area contributed by atoms with Gasteiger partial charge in [-0.25, -0.2) is 9.67 Å². The lowest BCUT2D eigenvalue weighted by Crippen LogP contribution is -2.26. The van der Waals surface area contributed by atoms with Crippen LogP contribution in [0.25, 0.3) is 17.1 Å². The molecule has 0 atom stereocenters. The maximum Gasteiger partial charge on any atom is 0.290 e. The molecule has 0 aliphatic rings. The van der Waals surface area contributed by atoms with E-state index >= 15 is 0 Å². The van der Waals surface area contributed by atoms with Crippen molar-refractivity contribution in [2.24, 2.45) is 0 Å². The summed E-state index contributed by atoms with van der Waals surface area (Å²) in [4.78, 5) is 17.0. The number of aromatic nitrogens is 3. The Morgan fingerprint density at radius 1 is 1.11 bits per heavy atom. The molecule has 1 heterocycles. The van der Waals surface area contributed by atoms with Crippen LogP contribution < -0.4 is 5.32 Å². The number of carbonyl (C=O) groups excluding carboxylic acids is 1. The van der Waals surface area contributed by atoms with E-state index in [1.807, 2.05) is 75.4 Å². The Kier molecular flexibility index (Phi) is 6.55. The molecule has 3 rings (SSSR count). The Morgan fingerprint density at radius 3 is 2.50 bits per heavy atom. The maximum absolute atomic E-state index is 12.5. The van der Waals surface area contributed by atoms with Gasteiger partial charge in [0.1, 0.15) is 0 Å². The molecule has 0 fully saturated rings. The van der Waals surface area contributed by atoms with Gasteiger partial charge in [-0.15, -0.1) is 5.10 Å². The van der Waals surface area contributed by atoms with Crippen molar-refractivity contribution in [2.45, 2.75) is 33.3 Å². The van der Waals surface area contributed by atoms with Gasteiger partial charge in [-0.3, -0.25) is 4.79 Å². The van der Waals surface area contributed by atoms with Gasteiger partial charge in [0.2, 0.25) is 5.82 Å². The van der Waals surface area contributed by atoms with Crippen LogP contribution in [0.5, 0.6) is 0 Å². The van der Waals surface area contributed by atoms with Crippen LogP contribution in [0.4, 0.5) is 0 Å². The molecule has 1 amide bonds. The average Bonchev–Trinajstić information content (AvgIpc) is 3.14. The second-order valence-electron chi connectivity index (χ2n) is 6.90. The number of ether oxygens (including phenoxy) is 1. The fraction of sp³-hybridized carbons (Fsp3) is 0.318. The molecule has 1 aromatic heterocycles. The van der Waals surface area contributed by atoms with Crippen LogP contribution in [0.1, 0.15) is 36.5 Å². The number of aryl methyl sites for hydroxylation is 1. The predicted molar refractivity (Wildman–Crippen MR) is 110 cm³/mol. The van der Waals surface area contributed by atoms with Crippen molar-refractivity contribution in [3.05, 3.63) is 66.0 Å². The molecule has 0 saturated carbocycles. The van der Waals surface area contributed by atoms with Crippen LogP contribution >= 0.6 is 0 Å². The van der Waals surface area contributed by atoms with E-state index < -0.39 is 0 Å². The van der Waals surface area contributed by atoms with Crippen LogP contribution in [-0.4, -0.2) is 39.9 Å². The van der Waals surface area contributed by atoms with E-state index in [-0.39, 0.29) is 17.8 Å². The van der Waals surface area contributed by atoms with Crippen molar-refractivity contribution >= 4 is 5.91 Å². The van der Waals surface area contributed by atoms with Crippen molar-refractivity contribution in [2.75, 3.05) is 13.2 Å². The molecule has 0 aliphatic carbocycles. The molecule has 1 N–H and O–H groups in total. The minimum absolute atomic E-state index is 0.157. The summed E-state index contributed by atoms with van der Waals surface area (Å²) < 4.78 is 7.21. The molecule has 0 unspecified atom stereocenters. The van der Waals surface area contributed by atoms with E-state index in [9.17, 15) is 4.79 Å². The van der Waals surface area contributed by atoms with Crippen LogP contribution in [0.3, 0.4) is 0 Å². The third kappa shape index (κ3) is 5.04. The molecule has 0 bridgehead atoms. The SMILES string of the molecule is Cc1ccc(-n2nc(C(=O)NCCCOC(C)C)nc2-c2ccccc2)cc1. The molecule has 0 radical (unpaired) electrons. The maximum atomic E-state index is 12.5. The lowest BCUT2D eigenvalue weighted by Gasteiger charge is -2.07. The molecule has 0 aliphatic heterocycles. The number of benzene rings is 2. The van der Waals surface area contributed by atoms with Crippen LogP contribution in [-0.2, 0) is 4.74 Å². The van der Waals surface area contributed by atoms with Crippen molar-refractivity contribution in [1.82, 2.24) is 20.1 Å². The highest BCUT2D eigenvalue weighted by Crippen LogP contribution is 2.21. The van der Waals surface area contributed by atoms with E-state index in [4.69, 9.17) is 4.74 Å². The topological polar surface area (TPSA) is 69.0 Å². The Bertz CT molecular complexity index is 902. The highest BCUT2D eigenvalue weighted by Gasteiger charge is 2.18. The number of carbonyl (C=O) groups is 1. The Hall–Kier alpha value is -2.99. The van der Waals surface area contributed by atoms with E-state index in [1.54, 1.807) is 4.68 Å². The van der Waals surface area contributed by atoms with E-state index in [0.717, 1.165) is 23.2 Å². The standard InChI is InChI=1S/C22H26N4O2/c1-16(2)28-15-7-14-23-22(27)20-24-21(18-8-5-4-6-9-18)26(25-20)19-12-10-17(3)11-13-19/h4-6,8-13,16H,7,14-15H2,1-3H3,(H,23,27). The largest absolute Gasteiger partial charge is 0.379 e. The second kappa shape index (κ2) is 9.28. The Balaban J connectivity index is 1.81. The van der Waals surface area contributed by atoms with Crippen LogP contribution in [0.2, 0.25) is 0 Å². The summed E-state index contributed by atoms with van der Waals surface area (Å²) in [5.74, 6) is 0.509. The number of rotatable bonds is 8. The molecule has 146 valence electrons. The predicted octanol–water partition coefficient (Wildman–Crippen LogP) is 3.79.